The third-order valence-corrected chi connectivity index (χ3v) is 2.41. The van der Waals surface area contributed by atoms with Crippen molar-refractivity contribution in [3.05, 3.63) is 0 Å². The fourth-order valence-corrected chi connectivity index (χ4v) is 1.67. The summed E-state index contributed by atoms with van der Waals surface area (Å²) >= 11 is 0. The van der Waals surface area contributed by atoms with Gasteiger partial charge in [-0.15, -0.1) is 0 Å². The van der Waals surface area contributed by atoms with Crippen LogP contribution in [0.4, 0.5) is 0 Å². The lowest BCUT2D eigenvalue weighted by Gasteiger charge is -2.05. The molecule has 1 aliphatic carbocycles. The number of rotatable bonds is 4. The van der Waals surface area contributed by atoms with Crippen LogP contribution in [0.3, 0.4) is 0 Å². The van der Waals surface area contributed by atoms with E-state index >= 15 is 0 Å². The van der Waals surface area contributed by atoms with Gasteiger partial charge in [0.1, 0.15) is 0 Å². The zero-order chi connectivity index (χ0) is 10.6. The van der Waals surface area contributed by atoms with E-state index in [-0.39, 0.29) is 12.5 Å². The van der Waals surface area contributed by atoms with Gasteiger partial charge in [-0.3, -0.25) is 9.59 Å². The summed E-state index contributed by atoms with van der Waals surface area (Å²) in [6.07, 6.45) is 3.38. The maximum atomic E-state index is 11.4. The first kappa shape index (κ1) is 10.9. The molecule has 4 heteroatoms. The summed E-state index contributed by atoms with van der Waals surface area (Å²) < 4.78 is 4.48. The Morgan fingerprint density at radius 2 is 1.79 bits per heavy atom. The highest BCUT2D eigenvalue weighted by Crippen LogP contribution is 2.25. The molecule has 1 fully saturated rings. The van der Waals surface area contributed by atoms with E-state index in [1.165, 1.54) is 0 Å². The fourth-order valence-electron chi connectivity index (χ4n) is 1.67. The number of carbonyl (C=O) groups excluding carboxylic acids is 3. The first-order valence-electron chi connectivity index (χ1n) is 4.92. The molecule has 0 atom stereocenters. The summed E-state index contributed by atoms with van der Waals surface area (Å²) in [7, 11) is 0. The molecule has 0 heterocycles. The maximum absolute atomic E-state index is 11.4. The molecule has 0 N–H and O–H groups in total. The second-order valence-corrected chi connectivity index (χ2v) is 3.40. The van der Waals surface area contributed by atoms with Crippen LogP contribution in [0.5, 0.6) is 0 Å². The number of Topliss-reactive ketones (excluding diaryl/α,β-unsaturated/α-hetero) is 2. The highest BCUT2D eigenvalue weighted by molar-refractivity contribution is 6.62. The number of hydrogen-bond acceptors (Lipinski definition) is 4. The predicted molar refractivity (Wildman–Crippen MR) is 48.6 cm³/mol. The van der Waals surface area contributed by atoms with Crippen molar-refractivity contribution in [3.63, 3.8) is 0 Å². The Kier molecular flexibility index (Phi) is 3.80. The first-order valence-corrected chi connectivity index (χ1v) is 4.92. The zero-order valence-corrected chi connectivity index (χ0v) is 8.25. The van der Waals surface area contributed by atoms with Gasteiger partial charge in [0.2, 0.25) is 5.78 Å². The average Bonchev–Trinajstić information content (AvgIpc) is 2.68. The normalized spacial score (nSPS) is 16.6. The first-order chi connectivity index (χ1) is 6.66. The van der Waals surface area contributed by atoms with Gasteiger partial charge in [0.05, 0.1) is 6.61 Å². The quantitative estimate of drug-likeness (QED) is 0.382. The number of ether oxygens (including phenoxy) is 1. The van der Waals surface area contributed by atoms with Crippen molar-refractivity contribution in [2.75, 3.05) is 6.61 Å². The molecular formula is C10H14O4. The van der Waals surface area contributed by atoms with Crippen LogP contribution in [0.15, 0.2) is 0 Å². The molecule has 0 aliphatic heterocycles. The second-order valence-electron chi connectivity index (χ2n) is 3.40. The molecule has 0 saturated heterocycles. The van der Waals surface area contributed by atoms with Gasteiger partial charge in [-0.1, -0.05) is 12.8 Å². The molecule has 0 aromatic heterocycles. The number of ketones is 2. The number of hydrogen-bond donors (Lipinski definition) is 0. The van der Waals surface area contributed by atoms with E-state index in [1.807, 2.05) is 0 Å². The monoisotopic (exact) mass is 198 g/mol. The smallest absolute Gasteiger partial charge is 0.382 e. The number of esters is 1. The zero-order valence-electron chi connectivity index (χ0n) is 8.25. The molecule has 0 bridgehead atoms. The summed E-state index contributed by atoms with van der Waals surface area (Å²) in [5.74, 6) is -2.81. The van der Waals surface area contributed by atoms with Crippen LogP contribution in [0.2, 0.25) is 0 Å². The van der Waals surface area contributed by atoms with Crippen LogP contribution in [0.25, 0.3) is 0 Å². The molecule has 78 valence electrons. The molecule has 0 amide bonds. The summed E-state index contributed by atoms with van der Waals surface area (Å²) in [5.41, 5.74) is 0. The van der Waals surface area contributed by atoms with Crippen molar-refractivity contribution in [1.82, 2.24) is 0 Å². The van der Waals surface area contributed by atoms with Gasteiger partial charge < -0.3 is 4.74 Å². The minimum absolute atomic E-state index is 0.128. The van der Waals surface area contributed by atoms with Gasteiger partial charge in [-0.2, -0.15) is 0 Å². The molecule has 1 rings (SSSR count). The van der Waals surface area contributed by atoms with Crippen LogP contribution in [-0.2, 0) is 19.1 Å². The third-order valence-electron chi connectivity index (χ3n) is 2.41. The van der Waals surface area contributed by atoms with Gasteiger partial charge in [0.15, 0.2) is 0 Å². The Bertz CT molecular complexity index is 251. The Hall–Kier alpha value is -1.19. The molecule has 14 heavy (non-hydrogen) atoms. The van der Waals surface area contributed by atoms with Crippen LogP contribution in [0.1, 0.15) is 32.6 Å². The van der Waals surface area contributed by atoms with Crippen molar-refractivity contribution < 1.29 is 19.1 Å². The van der Waals surface area contributed by atoms with Crippen LogP contribution in [-0.4, -0.2) is 24.1 Å². The summed E-state index contributed by atoms with van der Waals surface area (Å²) in [6.45, 7) is 1.73. The highest BCUT2D eigenvalue weighted by Gasteiger charge is 2.32. The van der Waals surface area contributed by atoms with Gasteiger partial charge in [-0.05, 0) is 19.8 Å². The largest absolute Gasteiger partial charge is 0.460 e. The molecule has 0 radical (unpaired) electrons. The fraction of sp³-hybridized carbons (Fsp3) is 0.700. The van der Waals surface area contributed by atoms with E-state index in [9.17, 15) is 14.4 Å². The van der Waals surface area contributed by atoms with E-state index in [0.717, 1.165) is 25.7 Å². The highest BCUT2D eigenvalue weighted by atomic mass is 16.5. The van der Waals surface area contributed by atoms with Gasteiger partial charge in [0.25, 0.3) is 0 Å². The SMILES string of the molecule is CCOC(=O)C(=O)C(=O)C1CCCC1. The van der Waals surface area contributed by atoms with Crippen molar-refractivity contribution in [2.24, 2.45) is 5.92 Å². The van der Waals surface area contributed by atoms with E-state index in [2.05, 4.69) is 4.74 Å². The molecule has 0 aromatic carbocycles. The third kappa shape index (κ3) is 2.40. The van der Waals surface area contributed by atoms with E-state index in [4.69, 9.17) is 0 Å². The van der Waals surface area contributed by atoms with Crippen molar-refractivity contribution >= 4 is 17.5 Å². The molecule has 0 unspecified atom stereocenters. The Labute approximate surface area is 82.6 Å². The molecule has 0 spiro atoms. The van der Waals surface area contributed by atoms with E-state index in [1.54, 1.807) is 6.92 Å². The summed E-state index contributed by atoms with van der Waals surface area (Å²) in [4.78, 5) is 33.6. The van der Waals surface area contributed by atoms with E-state index in [0.29, 0.717) is 0 Å². The van der Waals surface area contributed by atoms with Crippen molar-refractivity contribution in [3.8, 4) is 0 Å². The molecule has 1 aliphatic rings. The lowest BCUT2D eigenvalue weighted by Crippen LogP contribution is -2.30. The van der Waals surface area contributed by atoms with Crippen LogP contribution in [0, 0.1) is 5.92 Å². The minimum Gasteiger partial charge on any atom is -0.460 e. The van der Waals surface area contributed by atoms with E-state index < -0.39 is 17.5 Å². The minimum atomic E-state index is -1.01. The maximum Gasteiger partial charge on any atom is 0.382 e. The van der Waals surface area contributed by atoms with Gasteiger partial charge in [-0.25, -0.2) is 4.79 Å². The molecular weight excluding hydrogens is 184 g/mol. The van der Waals surface area contributed by atoms with Gasteiger partial charge in [0, 0.05) is 5.92 Å². The Morgan fingerprint density at radius 1 is 1.21 bits per heavy atom. The predicted octanol–water partition coefficient (Wildman–Crippen LogP) is 0.878. The average molecular weight is 198 g/mol. The Balaban J connectivity index is 2.51. The van der Waals surface area contributed by atoms with Crippen LogP contribution < -0.4 is 0 Å². The molecule has 1 saturated carbocycles. The van der Waals surface area contributed by atoms with Gasteiger partial charge >= 0.3 is 11.8 Å². The van der Waals surface area contributed by atoms with Crippen molar-refractivity contribution in [1.29, 1.82) is 0 Å². The number of carbonyl (C=O) groups is 3. The summed E-state index contributed by atoms with van der Waals surface area (Å²) in [6, 6.07) is 0. The standard InChI is InChI=1S/C10H14O4/c1-2-14-10(13)9(12)8(11)7-5-3-4-6-7/h7H,2-6H2,1H3. The molecule has 0 aromatic rings. The lowest BCUT2D eigenvalue weighted by atomic mass is 9.99. The van der Waals surface area contributed by atoms with Crippen molar-refractivity contribution in [2.45, 2.75) is 32.6 Å². The second kappa shape index (κ2) is 4.88. The molecule has 4 nitrogen and oxygen atoms in total. The topological polar surface area (TPSA) is 60.4 Å². The summed E-state index contributed by atoms with van der Waals surface area (Å²) in [5, 5.41) is 0. The lowest BCUT2D eigenvalue weighted by molar-refractivity contribution is -0.157. The Morgan fingerprint density at radius 3 is 2.29 bits per heavy atom. The van der Waals surface area contributed by atoms with Crippen LogP contribution >= 0.6 is 0 Å².